The van der Waals surface area contributed by atoms with Gasteiger partial charge in [-0.25, -0.2) is 0 Å². The van der Waals surface area contributed by atoms with Crippen LogP contribution in [0.3, 0.4) is 0 Å². The molecule has 0 amide bonds. The summed E-state index contributed by atoms with van der Waals surface area (Å²) in [5.41, 5.74) is 1.93. The van der Waals surface area contributed by atoms with Crippen molar-refractivity contribution in [2.45, 2.75) is 32.9 Å². The monoisotopic (exact) mass is 239 g/mol. The highest BCUT2D eigenvalue weighted by Gasteiger charge is 2.23. The van der Waals surface area contributed by atoms with Crippen LogP contribution in [0.5, 0.6) is 0 Å². The van der Waals surface area contributed by atoms with E-state index < -0.39 is 0 Å². The van der Waals surface area contributed by atoms with Crippen LogP contribution in [0.1, 0.15) is 25.1 Å². The van der Waals surface area contributed by atoms with Gasteiger partial charge < -0.3 is 5.32 Å². The molecule has 1 aromatic rings. The Kier molecular flexibility index (Phi) is 4.32. The summed E-state index contributed by atoms with van der Waals surface area (Å²) in [6.45, 7) is 9.10. The zero-order valence-electron chi connectivity index (χ0n) is 10.1. The summed E-state index contributed by atoms with van der Waals surface area (Å²) in [7, 11) is 0. The average molecular weight is 239 g/mol. The average Bonchev–Trinajstić information content (AvgIpc) is 2.73. The Morgan fingerprint density at radius 2 is 2.50 bits per heavy atom. The molecule has 0 radical (unpaired) electrons. The summed E-state index contributed by atoms with van der Waals surface area (Å²) in [4.78, 5) is 8.14. The van der Waals surface area contributed by atoms with Crippen molar-refractivity contribution < 1.29 is 0 Å². The Morgan fingerprint density at radius 1 is 1.62 bits per heavy atom. The molecule has 1 atom stereocenters. The van der Waals surface area contributed by atoms with Gasteiger partial charge in [-0.1, -0.05) is 13.8 Å². The number of rotatable bonds is 4. The SMILES string of the molecule is CC(C)CC1CNCCN1Cc1cncs1. The second kappa shape index (κ2) is 5.75. The minimum Gasteiger partial charge on any atom is -0.314 e. The van der Waals surface area contributed by atoms with Crippen LogP contribution in [0.2, 0.25) is 0 Å². The highest BCUT2D eigenvalue weighted by atomic mass is 32.1. The maximum atomic E-state index is 4.15. The molecule has 90 valence electrons. The first kappa shape index (κ1) is 12.0. The van der Waals surface area contributed by atoms with Crippen molar-refractivity contribution >= 4 is 11.3 Å². The molecule has 4 heteroatoms. The van der Waals surface area contributed by atoms with Gasteiger partial charge in [0.1, 0.15) is 0 Å². The summed E-state index contributed by atoms with van der Waals surface area (Å²) >= 11 is 1.76. The lowest BCUT2D eigenvalue weighted by Gasteiger charge is -2.36. The van der Waals surface area contributed by atoms with E-state index in [0.717, 1.165) is 32.1 Å². The second-order valence-corrected chi connectivity index (χ2v) is 5.90. The fraction of sp³-hybridized carbons (Fsp3) is 0.750. The van der Waals surface area contributed by atoms with Crippen LogP contribution in [0, 0.1) is 5.92 Å². The Balaban J connectivity index is 1.93. The number of piperazine rings is 1. The Morgan fingerprint density at radius 3 is 3.19 bits per heavy atom. The normalized spacial score (nSPS) is 22.8. The zero-order valence-corrected chi connectivity index (χ0v) is 11.0. The molecule has 2 rings (SSSR count). The number of hydrogen-bond donors (Lipinski definition) is 1. The van der Waals surface area contributed by atoms with Crippen molar-refractivity contribution in [3.05, 3.63) is 16.6 Å². The highest BCUT2D eigenvalue weighted by Crippen LogP contribution is 2.17. The van der Waals surface area contributed by atoms with Gasteiger partial charge in [0.2, 0.25) is 0 Å². The van der Waals surface area contributed by atoms with E-state index in [1.54, 1.807) is 11.3 Å². The summed E-state index contributed by atoms with van der Waals surface area (Å²) < 4.78 is 0. The first-order valence-electron chi connectivity index (χ1n) is 6.08. The lowest BCUT2D eigenvalue weighted by Crippen LogP contribution is -2.51. The van der Waals surface area contributed by atoms with Gasteiger partial charge in [-0.3, -0.25) is 9.88 Å². The van der Waals surface area contributed by atoms with Gasteiger partial charge in [-0.15, -0.1) is 11.3 Å². The second-order valence-electron chi connectivity index (χ2n) is 4.93. The number of aromatic nitrogens is 1. The molecule has 0 aliphatic carbocycles. The smallest absolute Gasteiger partial charge is 0.0794 e. The predicted octanol–water partition coefficient (Wildman–Crippen LogP) is 1.96. The van der Waals surface area contributed by atoms with Crippen molar-refractivity contribution in [2.24, 2.45) is 5.92 Å². The van der Waals surface area contributed by atoms with Gasteiger partial charge in [0.25, 0.3) is 0 Å². The van der Waals surface area contributed by atoms with Crippen molar-refractivity contribution in [3.8, 4) is 0 Å². The zero-order chi connectivity index (χ0) is 11.4. The maximum absolute atomic E-state index is 4.15. The fourth-order valence-corrected chi connectivity index (χ4v) is 2.93. The number of nitrogens with one attached hydrogen (secondary N) is 1. The molecule has 1 aliphatic heterocycles. The molecule has 0 aromatic carbocycles. The Bertz CT molecular complexity index is 297. The van der Waals surface area contributed by atoms with E-state index in [1.807, 2.05) is 11.7 Å². The van der Waals surface area contributed by atoms with Crippen LogP contribution in [-0.4, -0.2) is 35.6 Å². The molecule has 0 spiro atoms. The molecule has 3 nitrogen and oxygen atoms in total. The molecular formula is C12H21N3S. The van der Waals surface area contributed by atoms with Gasteiger partial charge >= 0.3 is 0 Å². The number of hydrogen-bond acceptors (Lipinski definition) is 4. The number of nitrogens with zero attached hydrogens (tertiary/aromatic N) is 2. The fourth-order valence-electron chi connectivity index (χ4n) is 2.31. The molecule has 1 N–H and O–H groups in total. The Hall–Kier alpha value is -0.450. The van der Waals surface area contributed by atoms with Gasteiger partial charge in [0.15, 0.2) is 0 Å². The van der Waals surface area contributed by atoms with E-state index in [4.69, 9.17) is 0 Å². The molecule has 16 heavy (non-hydrogen) atoms. The van der Waals surface area contributed by atoms with E-state index in [0.29, 0.717) is 6.04 Å². The molecule has 0 saturated carbocycles. The summed E-state index contributed by atoms with van der Waals surface area (Å²) in [6, 6.07) is 0.691. The highest BCUT2D eigenvalue weighted by molar-refractivity contribution is 7.09. The first-order chi connectivity index (χ1) is 7.75. The predicted molar refractivity (Wildman–Crippen MR) is 68.6 cm³/mol. The third-order valence-electron chi connectivity index (χ3n) is 3.06. The summed E-state index contributed by atoms with van der Waals surface area (Å²) in [5.74, 6) is 0.772. The number of thiazole rings is 1. The van der Waals surface area contributed by atoms with Crippen molar-refractivity contribution in [2.75, 3.05) is 19.6 Å². The van der Waals surface area contributed by atoms with E-state index in [-0.39, 0.29) is 0 Å². The third-order valence-corrected chi connectivity index (χ3v) is 3.82. The lowest BCUT2D eigenvalue weighted by molar-refractivity contribution is 0.135. The molecule has 1 aromatic heterocycles. The van der Waals surface area contributed by atoms with Gasteiger partial charge in [0.05, 0.1) is 5.51 Å². The minimum absolute atomic E-state index is 0.691. The molecule has 2 heterocycles. The molecule has 1 fully saturated rings. The largest absolute Gasteiger partial charge is 0.314 e. The van der Waals surface area contributed by atoms with Gasteiger partial charge in [0, 0.05) is 43.3 Å². The molecular weight excluding hydrogens is 218 g/mol. The van der Waals surface area contributed by atoms with Crippen LogP contribution in [0.4, 0.5) is 0 Å². The van der Waals surface area contributed by atoms with Crippen LogP contribution >= 0.6 is 11.3 Å². The topological polar surface area (TPSA) is 28.2 Å². The van der Waals surface area contributed by atoms with Crippen molar-refractivity contribution in [1.82, 2.24) is 15.2 Å². The summed E-state index contributed by atoms with van der Waals surface area (Å²) in [6.07, 6.45) is 3.28. The van der Waals surface area contributed by atoms with Crippen LogP contribution in [0.25, 0.3) is 0 Å². The van der Waals surface area contributed by atoms with Crippen LogP contribution in [-0.2, 0) is 6.54 Å². The molecule has 0 bridgehead atoms. The lowest BCUT2D eigenvalue weighted by atomic mass is 10.0. The van der Waals surface area contributed by atoms with E-state index in [2.05, 4.69) is 29.0 Å². The standard InChI is InChI=1S/C12H21N3S/c1-10(2)5-11-6-13-3-4-15(11)8-12-7-14-9-16-12/h7,9-11,13H,3-6,8H2,1-2H3. The van der Waals surface area contributed by atoms with E-state index >= 15 is 0 Å². The molecule has 1 aliphatic rings. The van der Waals surface area contributed by atoms with Gasteiger partial charge in [-0.05, 0) is 12.3 Å². The Labute approximate surface area is 102 Å². The third kappa shape index (κ3) is 3.27. The maximum Gasteiger partial charge on any atom is 0.0794 e. The van der Waals surface area contributed by atoms with Crippen LogP contribution < -0.4 is 5.32 Å². The van der Waals surface area contributed by atoms with E-state index in [1.165, 1.54) is 11.3 Å². The quantitative estimate of drug-likeness (QED) is 0.870. The van der Waals surface area contributed by atoms with Crippen molar-refractivity contribution in [1.29, 1.82) is 0 Å². The van der Waals surface area contributed by atoms with Crippen molar-refractivity contribution in [3.63, 3.8) is 0 Å². The van der Waals surface area contributed by atoms with Gasteiger partial charge in [-0.2, -0.15) is 0 Å². The van der Waals surface area contributed by atoms with E-state index in [9.17, 15) is 0 Å². The van der Waals surface area contributed by atoms with Crippen LogP contribution in [0.15, 0.2) is 11.7 Å². The molecule has 1 unspecified atom stereocenters. The summed E-state index contributed by atoms with van der Waals surface area (Å²) in [5, 5.41) is 3.50. The molecule has 1 saturated heterocycles. The minimum atomic E-state index is 0.691. The first-order valence-corrected chi connectivity index (χ1v) is 6.96.